The van der Waals surface area contributed by atoms with Crippen molar-refractivity contribution in [1.29, 1.82) is 0 Å². The summed E-state index contributed by atoms with van der Waals surface area (Å²) in [5.41, 5.74) is 4.76. The van der Waals surface area contributed by atoms with Crippen LogP contribution in [0.5, 0.6) is 0 Å². The third-order valence-electron chi connectivity index (χ3n) is 4.07. The summed E-state index contributed by atoms with van der Waals surface area (Å²) in [5.74, 6) is 0.497. The normalized spacial score (nSPS) is 10.8. The molecule has 0 radical (unpaired) electrons. The van der Waals surface area contributed by atoms with Gasteiger partial charge in [0.1, 0.15) is 5.69 Å². The molecule has 0 bridgehead atoms. The van der Waals surface area contributed by atoms with Gasteiger partial charge in [0.15, 0.2) is 5.76 Å². The summed E-state index contributed by atoms with van der Waals surface area (Å²) in [6, 6.07) is 15.9. The third-order valence-corrected chi connectivity index (χ3v) is 4.07. The van der Waals surface area contributed by atoms with Gasteiger partial charge in [-0.3, -0.25) is 4.79 Å². The molecule has 1 aromatic heterocycles. The minimum atomic E-state index is -0.194. The van der Waals surface area contributed by atoms with Crippen molar-refractivity contribution < 1.29 is 14.3 Å². The Kier molecular flexibility index (Phi) is 5.10. The molecule has 0 spiro atoms. The first-order valence-electron chi connectivity index (χ1n) is 8.37. The van der Waals surface area contributed by atoms with Crippen LogP contribution >= 0.6 is 0 Å². The van der Waals surface area contributed by atoms with Gasteiger partial charge in [-0.2, -0.15) is 0 Å². The number of hydrogen-bond acceptors (Lipinski definition) is 4. The number of aliphatic hydroxyl groups excluding tert-OH is 1. The molecule has 2 aromatic carbocycles. The maximum atomic E-state index is 12.3. The average Bonchev–Trinajstić information content (AvgIpc) is 3.06. The molecule has 128 valence electrons. The highest BCUT2D eigenvalue weighted by Crippen LogP contribution is 2.33. The zero-order valence-electron chi connectivity index (χ0n) is 14.5. The number of oxazole rings is 1. The highest BCUT2D eigenvalue weighted by atomic mass is 16.4. The summed E-state index contributed by atoms with van der Waals surface area (Å²) >= 11 is 0. The van der Waals surface area contributed by atoms with Crippen molar-refractivity contribution in [3.05, 3.63) is 65.5 Å². The molecule has 0 aliphatic heterocycles. The minimum absolute atomic E-state index is 0.0257. The van der Waals surface area contributed by atoms with E-state index in [1.165, 1.54) is 0 Å². The van der Waals surface area contributed by atoms with E-state index in [0.717, 1.165) is 22.3 Å². The standard InChI is InChI=1S/C21H21NO3/c1-14-5-9-16(10-6-14)19-20(17-11-7-15(2)8-12-17)25-21(22-19)18(24)4-3-13-23/h5-12,23H,3-4,13H2,1-2H3. The number of carbonyl (C=O) groups is 1. The predicted octanol–water partition coefficient (Wildman–Crippen LogP) is 4.58. The molecule has 0 atom stereocenters. The van der Waals surface area contributed by atoms with Crippen LogP contribution in [0.15, 0.2) is 52.9 Å². The maximum absolute atomic E-state index is 12.3. The van der Waals surface area contributed by atoms with E-state index in [1.54, 1.807) is 0 Å². The molecule has 0 saturated heterocycles. The van der Waals surface area contributed by atoms with E-state index in [9.17, 15) is 4.79 Å². The van der Waals surface area contributed by atoms with Crippen LogP contribution in [0.4, 0.5) is 0 Å². The Morgan fingerprint density at radius 1 is 0.960 bits per heavy atom. The number of benzene rings is 2. The summed E-state index contributed by atoms with van der Waals surface area (Å²) in [6.45, 7) is 4.02. The van der Waals surface area contributed by atoms with Gasteiger partial charge < -0.3 is 9.52 Å². The van der Waals surface area contributed by atoms with Crippen LogP contribution in [0, 0.1) is 13.8 Å². The van der Waals surface area contributed by atoms with E-state index in [-0.39, 0.29) is 24.7 Å². The summed E-state index contributed by atoms with van der Waals surface area (Å²) in [7, 11) is 0. The van der Waals surface area contributed by atoms with Gasteiger partial charge in [-0.1, -0.05) is 59.7 Å². The van der Waals surface area contributed by atoms with Crippen molar-refractivity contribution in [2.24, 2.45) is 0 Å². The molecule has 4 heteroatoms. The molecule has 0 aliphatic rings. The first-order valence-corrected chi connectivity index (χ1v) is 8.37. The first-order chi connectivity index (χ1) is 12.1. The fourth-order valence-corrected chi connectivity index (χ4v) is 2.59. The SMILES string of the molecule is Cc1ccc(-c2nc(C(=O)CCCO)oc2-c2ccc(C)cc2)cc1. The molecule has 25 heavy (non-hydrogen) atoms. The second kappa shape index (κ2) is 7.45. The third kappa shape index (κ3) is 3.86. The van der Waals surface area contributed by atoms with Crippen LogP contribution in [0.3, 0.4) is 0 Å². The summed E-state index contributed by atoms with van der Waals surface area (Å²) in [6.07, 6.45) is 0.624. The van der Waals surface area contributed by atoms with Gasteiger partial charge in [-0.25, -0.2) is 4.98 Å². The molecular formula is C21H21NO3. The summed E-state index contributed by atoms with van der Waals surface area (Å²) in [4.78, 5) is 16.7. The number of carbonyl (C=O) groups excluding carboxylic acids is 1. The molecular weight excluding hydrogens is 314 g/mol. The van der Waals surface area contributed by atoms with Crippen molar-refractivity contribution in [2.45, 2.75) is 26.7 Å². The molecule has 4 nitrogen and oxygen atoms in total. The largest absolute Gasteiger partial charge is 0.433 e. The van der Waals surface area contributed by atoms with Crippen molar-refractivity contribution in [3.63, 3.8) is 0 Å². The Labute approximate surface area is 147 Å². The van der Waals surface area contributed by atoms with Crippen molar-refractivity contribution in [1.82, 2.24) is 4.98 Å². The van der Waals surface area contributed by atoms with Crippen LogP contribution in [0.1, 0.15) is 34.7 Å². The molecule has 1 N–H and O–H groups in total. The topological polar surface area (TPSA) is 63.3 Å². The van der Waals surface area contributed by atoms with Crippen LogP contribution < -0.4 is 0 Å². The molecule has 0 unspecified atom stereocenters. The Balaban J connectivity index is 2.07. The zero-order chi connectivity index (χ0) is 17.8. The molecule has 0 fully saturated rings. The minimum Gasteiger partial charge on any atom is -0.433 e. The van der Waals surface area contributed by atoms with Gasteiger partial charge in [-0.15, -0.1) is 0 Å². The van der Waals surface area contributed by atoms with Gasteiger partial charge in [0.25, 0.3) is 5.89 Å². The van der Waals surface area contributed by atoms with Crippen molar-refractivity contribution >= 4 is 5.78 Å². The van der Waals surface area contributed by atoms with Crippen LogP contribution in [0.2, 0.25) is 0 Å². The van der Waals surface area contributed by atoms with E-state index in [1.807, 2.05) is 62.4 Å². The lowest BCUT2D eigenvalue weighted by Crippen LogP contribution is -2.00. The van der Waals surface area contributed by atoms with Gasteiger partial charge in [0, 0.05) is 24.2 Å². The smallest absolute Gasteiger partial charge is 0.264 e. The number of aliphatic hydroxyl groups is 1. The molecule has 1 heterocycles. The Hall–Kier alpha value is -2.72. The van der Waals surface area contributed by atoms with E-state index in [0.29, 0.717) is 17.9 Å². The van der Waals surface area contributed by atoms with Crippen LogP contribution in [-0.2, 0) is 0 Å². The molecule has 0 saturated carbocycles. The molecule has 0 amide bonds. The van der Waals surface area contributed by atoms with E-state index in [2.05, 4.69) is 4.98 Å². The van der Waals surface area contributed by atoms with Gasteiger partial charge in [-0.05, 0) is 20.3 Å². The lowest BCUT2D eigenvalue weighted by molar-refractivity contribution is 0.0938. The highest BCUT2D eigenvalue weighted by Gasteiger charge is 2.20. The number of Topliss-reactive ketones (excluding diaryl/α,β-unsaturated/α-hetero) is 1. The fourth-order valence-electron chi connectivity index (χ4n) is 2.59. The van der Waals surface area contributed by atoms with Crippen LogP contribution in [0.25, 0.3) is 22.6 Å². The number of rotatable bonds is 6. The predicted molar refractivity (Wildman–Crippen MR) is 97.5 cm³/mol. The van der Waals surface area contributed by atoms with E-state index >= 15 is 0 Å². The Bertz CT molecular complexity index is 798. The molecule has 0 aliphatic carbocycles. The zero-order valence-corrected chi connectivity index (χ0v) is 14.5. The second-order valence-electron chi connectivity index (χ2n) is 6.18. The van der Waals surface area contributed by atoms with E-state index in [4.69, 9.17) is 9.52 Å². The van der Waals surface area contributed by atoms with Crippen LogP contribution in [-0.4, -0.2) is 22.5 Å². The molecule has 3 aromatic rings. The summed E-state index contributed by atoms with van der Waals surface area (Å²) in [5, 5.41) is 8.93. The van der Waals surface area contributed by atoms with Gasteiger partial charge in [0.2, 0.25) is 5.78 Å². The van der Waals surface area contributed by atoms with Gasteiger partial charge >= 0.3 is 0 Å². The van der Waals surface area contributed by atoms with Crippen molar-refractivity contribution in [3.8, 4) is 22.6 Å². The first kappa shape index (κ1) is 17.1. The lowest BCUT2D eigenvalue weighted by atomic mass is 10.0. The average molecular weight is 335 g/mol. The monoisotopic (exact) mass is 335 g/mol. The number of aromatic nitrogens is 1. The summed E-state index contributed by atoms with van der Waals surface area (Å²) < 4.78 is 5.84. The quantitative estimate of drug-likeness (QED) is 0.670. The lowest BCUT2D eigenvalue weighted by Gasteiger charge is -2.02. The number of nitrogens with zero attached hydrogens (tertiary/aromatic N) is 1. The number of ketones is 1. The Morgan fingerprint density at radius 2 is 1.52 bits per heavy atom. The van der Waals surface area contributed by atoms with Gasteiger partial charge in [0.05, 0.1) is 0 Å². The molecule has 3 rings (SSSR count). The Morgan fingerprint density at radius 3 is 2.08 bits per heavy atom. The fraction of sp³-hybridized carbons (Fsp3) is 0.238. The maximum Gasteiger partial charge on any atom is 0.264 e. The number of hydrogen-bond donors (Lipinski definition) is 1. The van der Waals surface area contributed by atoms with E-state index < -0.39 is 0 Å². The number of aryl methyl sites for hydroxylation is 2. The van der Waals surface area contributed by atoms with Crippen molar-refractivity contribution in [2.75, 3.05) is 6.61 Å². The highest BCUT2D eigenvalue weighted by molar-refractivity contribution is 5.93. The second-order valence-corrected chi connectivity index (χ2v) is 6.18.